The van der Waals surface area contributed by atoms with Gasteiger partial charge in [0.25, 0.3) is 0 Å². The van der Waals surface area contributed by atoms with E-state index in [1.165, 1.54) is 5.39 Å². The Morgan fingerprint density at radius 2 is 1.07 bits per heavy atom. The molecule has 4 aromatic heterocycles. The number of fused-ring (bicyclic) bond motifs is 11. The van der Waals surface area contributed by atoms with Gasteiger partial charge in [-0.2, -0.15) is 0 Å². The van der Waals surface area contributed by atoms with Crippen molar-refractivity contribution in [1.82, 2.24) is 19.5 Å². The zero-order chi connectivity index (χ0) is 36.0. The van der Waals surface area contributed by atoms with Gasteiger partial charge in [-0.1, -0.05) is 127 Å². The molecule has 12 aromatic rings. The molecule has 0 aliphatic rings. The van der Waals surface area contributed by atoms with Crippen LogP contribution in [0.25, 0.3) is 116 Å². The van der Waals surface area contributed by atoms with Crippen molar-refractivity contribution >= 4 is 76.5 Å². The van der Waals surface area contributed by atoms with E-state index in [0.717, 1.165) is 93.4 Å². The van der Waals surface area contributed by atoms with Gasteiger partial charge in [0.2, 0.25) is 0 Å². The molecule has 0 unspecified atom stereocenters. The predicted octanol–water partition coefficient (Wildman–Crippen LogP) is 12.9. The summed E-state index contributed by atoms with van der Waals surface area (Å²) in [6.45, 7) is 0. The molecule has 0 bridgehead atoms. The Morgan fingerprint density at radius 1 is 0.400 bits per heavy atom. The summed E-state index contributed by atoms with van der Waals surface area (Å²) in [7, 11) is 0. The molecular weight excluding hydrogens is 677 g/mol. The first-order chi connectivity index (χ1) is 27.3. The van der Waals surface area contributed by atoms with Crippen molar-refractivity contribution in [2.45, 2.75) is 0 Å². The second kappa shape index (κ2) is 11.5. The number of aromatic nitrogens is 4. The maximum Gasteiger partial charge on any atom is 0.164 e. The Morgan fingerprint density at radius 3 is 1.95 bits per heavy atom. The van der Waals surface area contributed by atoms with Crippen LogP contribution >= 0.6 is 0 Å². The lowest BCUT2D eigenvalue weighted by Crippen LogP contribution is -2.00. The van der Waals surface area contributed by atoms with Gasteiger partial charge in [0.1, 0.15) is 22.3 Å². The average Bonchev–Trinajstić information content (AvgIpc) is 3.92. The number of nitrogens with zero attached hydrogens (tertiary/aromatic N) is 4. The smallest absolute Gasteiger partial charge is 0.164 e. The molecule has 12 rings (SSSR count). The number of benzene rings is 8. The first kappa shape index (κ1) is 29.9. The Labute approximate surface area is 313 Å². The summed E-state index contributed by atoms with van der Waals surface area (Å²) in [6, 6.07) is 58.4. The monoisotopic (exact) mass is 704 g/mol. The Hall–Kier alpha value is -7.57. The fourth-order valence-electron chi connectivity index (χ4n) is 8.37. The molecule has 0 saturated heterocycles. The van der Waals surface area contributed by atoms with E-state index in [-0.39, 0.29) is 0 Å². The van der Waals surface area contributed by atoms with Crippen LogP contribution in [0.5, 0.6) is 0 Å². The van der Waals surface area contributed by atoms with Crippen LogP contribution < -0.4 is 0 Å². The van der Waals surface area contributed by atoms with Crippen LogP contribution in [0.1, 0.15) is 0 Å². The highest BCUT2D eigenvalue weighted by Gasteiger charge is 2.24. The van der Waals surface area contributed by atoms with E-state index < -0.39 is 0 Å². The van der Waals surface area contributed by atoms with Crippen molar-refractivity contribution in [3.63, 3.8) is 0 Å². The quantitative estimate of drug-likeness (QED) is 0.182. The summed E-state index contributed by atoms with van der Waals surface area (Å²) in [4.78, 5) is 15.4. The zero-order valence-corrected chi connectivity index (χ0v) is 29.3. The van der Waals surface area contributed by atoms with Gasteiger partial charge in [-0.3, -0.25) is 0 Å². The van der Waals surface area contributed by atoms with E-state index in [1.54, 1.807) is 0 Å². The molecule has 0 N–H and O–H groups in total. The van der Waals surface area contributed by atoms with Crippen LogP contribution in [-0.4, -0.2) is 19.5 Å². The summed E-state index contributed by atoms with van der Waals surface area (Å²) in [5.74, 6) is 1.81. The SMILES string of the molecule is c1ccc(-c2nc(-c3ccc4ccccc4c3)nc(-c3cccc4oc5cc(-n6c7ccccc7c7oc8ccccc8c76)c6ccccc6c5c34)n2)cc1. The van der Waals surface area contributed by atoms with E-state index in [2.05, 4.69) is 120 Å². The van der Waals surface area contributed by atoms with E-state index in [9.17, 15) is 0 Å². The molecule has 0 saturated carbocycles. The molecule has 256 valence electrons. The lowest BCUT2D eigenvalue weighted by atomic mass is 9.99. The molecule has 0 atom stereocenters. The normalized spacial score (nSPS) is 12.0. The van der Waals surface area contributed by atoms with Crippen LogP contribution in [-0.2, 0) is 0 Å². The van der Waals surface area contributed by atoms with Crippen molar-refractivity contribution in [3.05, 3.63) is 170 Å². The van der Waals surface area contributed by atoms with E-state index in [1.807, 2.05) is 54.6 Å². The van der Waals surface area contributed by atoms with Crippen LogP contribution in [0, 0.1) is 0 Å². The number of hydrogen-bond donors (Lipinski definition) is 0. The Kier molecular flexibility index (Phi) is 6.24. The molecule has 0 aliphatic heterocycles. The fourth-order valence-corrected chi connectivity index (χ4v) is 8.37. The number of furan rings is 2. The van der Waals surface area contributed by atoms with Gasteiger partial charge in [0, 0.05) is 49.7 Å². The van der Waals surface area contributed by atoms with Crippen molar-refractivity contribution in [2.24, 2.45) is 0 Å². The number of hydrogen-bond acceptors (Lipinski definition) is 5. The number of para-hydroxylation sites is 2. The second-order valence-corrected chi connectivity index (χ2v) is 14.0. The maximum atomic E-state index is 6.82. The third-order valence-corrected chi connectivity index (χ3v) is 10.8. The predicted molar refractivity (Wildman–Crippen MR) is 223 cm³/mol. The highest BCUT2D eigenvalue weighted by atomic mass is 16.3. The second-order valence-electron chi connectivity index (χ2n) is 14.0. The lowest BCUT2D eigenvalue weighted by Gasteiger charge is -2.13. The van der Waals surface area contributed by atoms with Gasteiger partial charge >= 0.3 is 0 Å². The van der Waals surface area contributed by atoms with Crippen LogP contribution in [0.2, 0.25) is 0 Å². The lowest BCUT2D eigenvalue weighted by molar-refractivity contribution is 0.669. The molecule has 0 spiro atoms. The van der Waals surface area contributed by atoms with Crippen molar-refractivity contribution in [3.8, 4) is 39.9 Å². The maximum absolute atomic E-state index is 6.82. The van der Waals surface area contributed by atoms with Crippen LogP contribution in [0.4, 0.5) is 0 Å². The third kappa shape index (κ3) is 4.46. The highest BCUT2D eigenvalue weighted by Crippen LogP contribution is 2.45. The van der Waals surface area contributed by atoms with Gasteiger partial charge in [0.05, 0.1) is 11.2 Å². The van der Waals surface area contributed by atoms with Gasteiger partial charge in [-0.05, 0) is 52.6 Å². The zero-order valence-electron chi connectivity index (χ0n) is 29.3. The summed E-state index contributed by atoms with van der Waals surface area (Å²) in [5.41, 5.74) is 9.14. The van der Waals surface area contributed by atoms with Crippen molar-refractivity contribution in [2.75, 3.05) is 0 Å². The topological polar surface area (TPSA) is 69.9 Å². The molecular formula is C49H28N4O2. The summed E-state index contributed by atoms with van der Waals surface area (Å²) >= 11 is 0. The van der Waals surface area contributed by atoms with Crippen LogP contribution in [0.3, 0.4) is 0 Å². The van der Waals surface area contributed by atoms with E-state index in [0.29, 0.717) is 17.5 Å². The van der Waals surface area contributed by atoms with Crippen molar-refractivity contribution in [1.29, 1.82) is 0 Å². The van der Waals surface area contributed by atoms with Gasteiger partial charge in [0.15, 0.2) is 23.1 Å². The summed E-state index contributed by atoms with van der Waals surface area (Å²) < 4.78 is 15.7. The Bertz CT molecular complexity index is 3500. The Balaban J connectivity index is 1.15. The number of rotatable bonds is 4. The summed E-state index contributed by atoms with van der Waals surface area (Å²) in [5, 5.41) is 8.58. The van der Waals surface area contributed by atoms with Crippen molar-refractivity contribution < 1.29 is 8.83 Å². The summed E-state index contributed by atoms with van der Waals surface area (Å²) in [6.07, 6.45) is 0. The average molecular weight is 705 g/mol. The fraction of sp³-hybridized carbons (Fsp3) is 0. The third-order valence-electron chi connectivity index (χ3n) is 10.8. The molecule has 8 aromatic carbocycles. The largest absolute Gasteiger partial charge is 0.456 e. The van der Waals surface area contributed by atoms with E-state index >= 15 is 0 Å². The molecule has 0 fully saturated rings. The van der Waals surface area contributed by atoms with Crippen LogP contribution in [0.15, 0.2) is 179 Å². The molecule has 0 aliphatic carbocycles. The standard InChI is InChI=1S/C49H28N4O2/c1-2-14-30(15-3-1)47-50-48(32-26-25-29-13-4-5-16-31(29)27-32)52-49(51-47)37-21-12-24-41-44(37)43-34-18-7-6-17-33(34)39(28-42(43)54-41)53-38-22-10-8-19-35(38)46-45(53)36-20-9-11-23-40(36)55-46/h1-28H. The van der Waals surface area contributed by atoms with E-state index in [4.69, 9.17) is 23.8 Å². The minimum atomic E-state index is 0.585. The molecule has 4 heterocycles. The highest BCUT2D eigenvalue weighted by molar-refractivity contribution is 6.25. The molecule has 0 amide bonds. The van der Waals surface area contributed by atoms with Gasteiger partial charge < -0.3 is 13.4 Å². The van der Waals surface area contributed by atoms with Gasteiger partial charge in [-0.15, -0.1) is 0 Å². The van der Waals surface area contributed by atoms with Gasteiger partial charge in [-0.25, -0.2) is 15.0 Å². The molecule has 6 heteroatoms. The first-order valence-corrected chi connectivity index (χ1v) is 18.4. The molecule has 0 radical (unpaired) electrons. The minimum Gasteiger partial charge on any atom is -0.456 e. The molecule has 55 heavy (non-hydrogen) atoms. The molecule has 6 nitrogen and oxygen atoms in total. The minimum absolute atomic E-state index is 0.585. The first-order valence-electron chi connectivity index (χ1n) is 18.4.